The Balaban J connectivity index is 1.93. The Morgan fingerprint density at radius 3 is 2.10 bits per heavy atom. The number of benzene rings is 4. The number of furan rings is 1. The molecule has 0 spiro atoms. The molecule has 0 saturated carbocycles. The van der Waals surface area contributed by atoms with Gasteiger partial charge in [-0.05, 0) is 48.5 Å². The number of para-hydroxylation sites is 4. The summed E-state index contributed by atoms with van der Waals surface area (Å²) in [6, 6.07) is 34.0. The van der Waals surface area contributed by atoms with Crippen LogP contribution in [0.2, 0.25) is 0 Å². The molecule has 0 atom stereocenters. The zero-order valence-electron chi connectivity index (χ0n) is 15.5. The Labute approximate surface area is 166 Å². The fourth-order valence-electron chi connectivity index (χ4n) is 4.76. The van der Waals surface area contributed by atoms with Gasteiger partial charge in [0.1, 0.15) is 11.1 Å². The average Bonchev–Trinajstić information content (AvgIpc) is 3.26. The van der Waals surface area contributed by atoms with Crippen LogP contribution in [0.3, 0.4) is 0 Å². The second-order valence-electron chi connectivity index (χ2n) is 7.44. The largest absolute Gasteiger partial charge is 0.454 e. The minimum Gasteiger partial charge on any atom is -0.454 e. The van der Waals surface area contributed by atoms with Crippen molar-refractivity contribution in [2.75, 3.05) is 0 Å². The zero-order valence-corrected chi connectivity index (χ0v) is 15.5. The first-order valence-corrected chi connectivity index (χ1v) is 9.81. The van der Waals surface area contributed by atoms with Crippen LogP contribution in [0.5, 0.6) is 0 Å². The molecule has 0 aliphatic rings. The normalized spacial score (nSPS) is 12.1. The molecule has 3 heteroatoms. The van der Waals surface area contributed by atoms with Crippen molar-refractivity contribution in [2.24, 2.45) is 0 Å². The Hall–Kier alpha value is -3.98. The van der Waals surface area contributed by atoms with Crippen LogP contribution in [-0.2, 0) is 0 Å². The summed E-state index contributed by atoms with van der Waals surface area (Å²) >= 11 is 0. The van der Waals surface area contributed by atoms with Gasteiger partial charge in [-0.1, -0.05) is 48.5 Å². The molecule has 0 fully saturated rings. The minimum atomic E-state index is 0.917. The van der Waals surface area contributed by atoms with Crippen molar-refractivity contribution in [3.8, 4) is 5.69 Å². The van der Waals surface area contributed by atoms with Gasteiger partial charge in [-0.3, -0.25) is 0 Å². The number of nitrogens with zero attached hydrogens (tertiary/aromatic N) is 2. The fourth-order valence-corrected chi connectivity index (χ4v) is 4.76. The third-order valence-corrected chi connectivity index (χ3v) is 5.90. The number of hydrogen-bond acceptors (Lipinski definition) is 1. The third kappa shape index (κ3) is 1.82. The second-order valence-corrected chi connectivity index (χ2v) is 7.44. The maximum atomic E-state index is 6.41. The van der Waals surface area contributed by atoms with Crippen LogP contribution >= 0.6 is 0 Å². The van der Waals surface area contributed by atoms with Crippen LogP contribution in [0, 0.1) is 0 Å². The SMILES string of the molecule is c1ccc(-n2c3cccc4oc5c6ccccc6n(c6ccccc62)c5c43)cc1. The smallest absolute Gasteiger partial charge is 0.161 e. The van der Waals surface area contributed by atoms with Crippen LogP contribution in [0.15, 0.2) is 101 Å². The standard InChI is InChI=1S/C26H16N2O/c1-2-9-17(10-3-1)27-20-13-6-7-14-21(20)28-19-12-5-4-11-18(19)26-25(28)24-22(27)15-8-16-23(24)29-26/h1-16H. The second kappa shape index (κ2) is 5.30. The number of fused-ring (bicyclic) bond motifs is 5. The van der Waals surface area contributed by atoms with Gasteiger partial charge >= 0.3 is 0 Å². The zero-order chi connectivity index (χ0) is 18.9. The molecule has 3 nitrogen and oxygen atoms in total. The van der Waals surface area contributed by atoms with E-state index >= 15 is 0 Å². The van der Waals surface area contributed by atoms with Crippen LogP contribution in [-0.4, -0.2) is 8.97 Å². The number of aromatic nitrogens is 2. The molecule has 4 aromatic carbocycles. The van der Waals surface area contributed by atoms with Gasteiger partial charge < -0.3 is 13.4 Å². The first-order chi connectivity index (χ1) is 14.4. The molecule has 0 aliphatic carbocycles. The summed E-state index contributed by atoms with van der Waals surface area (Å²) in [6.45, 7) is 0. The highest BCUT2D eigenvalue weighted by atomic mass is 16.3. The summed E-state index contributed by atoms with van der Waals surface area (Å²) in [7, 11) is 0. The van der Waals surface area contributed by atoms with E-state index < -0.39 is 0 Å². The molecule has 0 saturated heterocycles. The Bertz CT molecular complexity index is 1700. The van der Waals surface area contributed by atoms with E-state index in [4.69, 9.17) is 4.42 Å². The summed E-state index contributed by atoms with van der Waals surface area (Å²) in [5.74, 6) is 0. The van der Waals surface area contributed by atoms with E-state index in [0.717, 1.165) is 49.7 Å². The highest BCUT2D eigenvalue weighted by Gasteiger charge is 2.21. The van der Waals surface area contributed by atoms with Crippen LogP contribution in [0.25, 0.3) is 55.2 Å². The van der Waals surface area contributed by atoms with Crippen molar-refractivity contribution < 1.29 is 4.42 Å². The predicted octanol–water partition coefficient (Wildman–Crippen LogP) is 6.94. The van der Waals surface area contributed by atoms with Gasteiger partial charge in [0, 0.05) is 11.1 Å². The van der Waals surface area contributed by atoms with Gasteiger partial charge in [0.25, 0.3) is 0 Å². The van der Waals surface area contributed by atoms with Crippen molar-refractivity contribution in [1.82, 2.24) is 8.97 Å². The van der Waals surface area contributed by atoms with Gasteiger partial charge in [-0.2, -0.15) is 0 Å². The third-order valence-electron chi connectivity index (χ3n) is 5.90. The van der Waals surface area contributed by atoms with E-state index in [2.05, 4.69) is 106 Å². The fraction of sp³-hybridized carbons (Fsp3) is 0. The van der Waals surface area contributed by atoms with Gasteiger partial charge in [0.2, 0.25) is 0 Å². The van der Waals surface area contributed by atoms with Crippen molar-refractivity contribution in [1.29, 1.82) is 0 Å². The van der Waals surface area contributed by atoms with E-state index in [-0.39, 0.29) is 0 Å². The molecule has 3 aromatic heterocycles. The molecule has 7 aromatic rings. The molecule has 0 bridgehead atoms. The summed E-state index contributed by atoms with van der Waals surface area (Å²) < 4.78 is 11.1. The highest BCUT2D eigenvalue weighted by molar-refractivity contribution is 6.21. The summed E-state index contributed by atoms with van der Waals surface area (Å²) in [4.78, 5) is 0. The van der Waals surface area contributed by atoms with E-state index in [9.17, 15) is 0 Å². The van der Waals surface area contributed by atoms with E-state index in [0.29, 0.717) is 0 Å². The van der Waals surface area contributed by atoms with E-state index in [1.165, 1.54) is 5.52 Å². The summed E-state index contributed by atoms with van der Waals surface area (Å²) in [5.41, 5.74) is 8.77. The lowest BCUT2D eigenvalue weighted by Gasteiger charge is -2.11. The molecule has 0 amide bonds. The quantitative estimate of drug-likeness (QED) is 0.306. The predicted molar refractivity (Wildman–Crippen MR) is 119 cm³/mol. The molecule has 0 radical (unpaired) electrons. The lowest BCUT2D eigenvalue weighted by Crippen LogP contribution is -1.96. The van der Waals surface area contributed by atoms with Gasteiger partial charge in [-0.15, -0.1) is 0 Å². The van der Waals surface area contributed by atoms with Gasteiger partial charge in [0.15, 0.2) is 5.58 Å². The van der Waals surface area contributed by atoms with Crippen molar-refractivity contribution in [3.63, 3.8) is 0 Å². The maximum absolute atomic E-state index is 6.41. The topological polar surface area (TPSA) is 22.5 Å². The number of rotatable bonds is 1. The number of hydrogen-bond donors (Lipinski definition) is 0. The average molecular weight is 372 g/mol. The maximum Gasteiger partial charge on any atom is 0.161 e. The monoisotopic (exact) mass is 372 g/mol. The molecular weight excluding hydrogens is 356 g/mol. The molecule has 0 N–H and O–H groups in total. The Kier molecular flexibility index (Phi) is 2.74. The molecule has 136 valence electrons. The first kappa shape index (κ1) is 15.0. The molecule has 3 heterocycles. The van der Waals surface area contributed by atoms with Crippen molar-refractivity contribution in [3.05, 3.63) is 97.1 Å². The van der Waals surface area contributed by atoms with Crippen LogP contribution in [0.1, 0.15) is 0 Å². The Morgan fingerprint density at radius 2 is 1.24 bits per heavy atom. The molecule has 0 unspecified atom stereocenters. The molecule has 7 rings (SSSR count). The lowest BCUT2D eigenvalue weighted by atomic mass is 10.2. The van der Waals surface area contributed by atoms with E-state index in [1.807, 2.05) is 0 Å². The van der Waals surface area contributed by atoms with Crippen LogP contribution in [0.4, 0.5) is 0 Å². The van der Waals surface area contributed by atoms with Gasteiger partial charge in [-0.25, -0.2) is 0 Å². The van der Waals surface area contributed by atoms with E-state index in [1.54, 1.807) is 0 Å². The Morgan fingerprint density at radius 1 is 0.552 bits per heavy atom. The lowest BCUT2D eigenvalue weighted by molar-refractivity contribution is 0.673. The van der Waals surface area contributed by atoms with Crippen LogP contribution < -0.4 is 0 Å². The molecular formula is C26H16N2O. The minimum absolute atomic E-state index is 0.917. The summed E-state index contributed by atoms with van der Waals surface area (Å²) in [5, 5.41) is 2.30. The molecule has 29 heavy (non-hydrogen) atoms. The molecule has 0 aliphatic heterocycles. The van der Waals surface area contributed by atoms with Crippen molar-refractivity contribution >= 4 is 49.5 Å². The van der Waals surface area contributed by atoms with Crippen molar-refractivity contribution in [2.45, 2.75) is 0 Å². The first-order valence-electron chi connectivity index (χ1n) is 9.81. The van der Waals surface area contributed by atoms with Gasteiger partial charge in [0.05, 0.1) is 27.5 Å². The summed E-state index contributed by atoms with van der Waals surface area (Å²) in [6.07, 6.45) is 0. The highest BCUT2D eigenvalue weighted by Crippen LogP contribution is 2.41.